The monoisotopic (exact) mass is 237 g/mol. The van der Waals surface area contributed by atoms with Gasteiger partial charge in [0, 0.05) is 38.4 Å². The van der Waals surface area contributed by atoms with Crippen LogP contribution in [0.5, 0.6) is 0 Å². The number of aryl methyl sites for hydroxylation is 1. The molecule has 1 aliphatic heterocycles. The van der Waals surface area contributed by atoms with Crippen LogP contribution in [0.25, 0.3) is 0 Å². The molecule has 1 aliphatic rings. The molecule has 17 heavy (non-hydrogen) atoms. The van der Waals surface area contributed by atoms with Gasteiger partial charge in [0.1, 0.15) is 5.82 Å². The Bertz CT molecular complexity index is 348. The Morgan fingerprint density at radius 1 is 1.59 bits per heavy atom. The molecule has 0 aliphatic carbocycles. The van der Waals surface area contributed by atoms with Gasteiger partial charge in [-0.1, -0.05) is 0 Å². The summed E-state index contributed by atoms with van der Waals surface area (Å²) in [6.07, 6.45) is 8.05. The quantitative estimate of drug-likeness (QED) is 0.836. The Morgan fingerprint density at radius 3 is 3.06 bits per heavy atom. The topological polar surface area (TPSA) is 41.3 Å². The third kappa shape index (κ3) is 3.30. The Balaban J connectivity index is 1.84. The minimum absolute atomic E-state index is 0.186. The van der Waals surface area contributed by atoms with Crippen molar-refractivity contribution >= 4 is 0 Å². The molecule has 2 unspecified atom stereocenters. The molecule has 1 N–H and O–H groups in total. The van der Waals surface area contributed by atoms with Crippen molar-refractivity contribution in [3.05, 3.63) is 18.2 Å². The Hall–Kier alpha value is -0.870. The Kier molecular flexibility index (Phi) is 4.18. The summed E-state index contributed by atoms with van der Waals surface area (Å²) in [5, 5.41) is 9.48. The highest BCUT2D eigenvalue weighted by atomic mass is 16.3. The van der Waals surface area contributed by atoms with Crippen molar-refractivity contribution in [3.63, 3.8) is 0 Å². The number of aliphatic hydroxyl groups excluding tert-OH is 1. The van der Waals surface area contributed by atoms with Gasteiger partial charge in [-0.25, -0.2) is 4.98 Å². The molecule has 1 saturated heterocycles. The predicted molar refractivity (Wildman–Crippen MR) is 67.8 cm³/mol. The number of hydrogen-bond donors (Lipinski definition) is 1. The number of hydrogen-bond acceptors (Lipinski definition) is 3. The van der Waals surface area contributed by atoms with E-state index in [2.05, 4.69) is 14.5 Å². The average Bonchev–Trinajstić information content (AvgIpc) is 2.84. The summed E-state index contributed by atoms with van der Waals surface area (Å²) in [6, 6.07) is 0.565. The van der Waals surface area contributed by atoms with E-state index in [1.807, 2.05) is 26.4 Å². The number of aliphatic hydroxyl groups is 1. The third-order valence-electron chi connectivity index (χ3n) is 3.66. The fourth-order valence-electron chi connectivity index (χ4n) is 2.73. The summed E-state index contributed by atoms with van der Waals surface area (Å²) >= 11 is 0. The molecule has 2 rings (SSSR count). The molecule has 1 aromatic heterocycles. The second-order valence-electron chi connectivity index (χ2n) is 5.12. The van der Waals surface area contributed by atoms with Gasteiger partial charge in [0.15, 0.2) is 0 Å². The van der Waals surface area contributed by atoms with Gasteiger partial charge in [0.25, 0.3) is 0 Å². The number of rotatable bonds is 5. The molecule has 2 atom stereocenters. The molecule has 0 bridgehead atoms. The van der Waals surface area contributed by atoms with E-state index in [0.29, 0.717) is 6.04 Å². The van der Waals surface area contributed by atoms with Crippen LogP contribution in [-0.4, -0.2) is 44.8 Å². The van der Waals surface area contributed by atoms with Crippen molar-refractivity contribution < 1.29 is 5.11 Å². The lowest BCUT2D eigenvalue weighted by Crippen LogP contribution is -2.33. The zero-order chi connectivity index (χ0) is 12.3. The smallest absolute Gasteiger partial charge is 0.109 e. The standard InChI is InChI=1S/C13H23N3O/c1-11(17)10-12-4-3-7-16(12)8-5-13-14-6-9-15(13)2/h6,9,11-12,17H,3-5,7-8,10H2,1-2H3. The first-order valence-electron chi connectivity index (χ1n) is 6.55. The van der Waals surface area contributed by atoms with E-state index in [0.717, 1.165) is 25.2 Å². The third-order valence-corrected chi connectivity index (χ3v) is 3.66. The Labute approximate surface area is 103 Å². The van der Waals surface area contributed by atoms with Gasteiger partial charge >= 0.3 is 0 Å². The molecule has 0 aromatic carbocycles. The van der Waals surface area contributed by atoms with Gasteiger partial charge in [-0.05, 0) is 32.7 Å². The number of nitrogens with zero attached hydrogens (tertiary/aromatic N) is 3. The van der Waals surface area contributed by atoms with Gasteiger partial charge in [0.2, 0.25) is 0 Å². The highest BCUT2D eigenvalue weighted by Gasteiger charge is 2.25. The molecule has 0 radical (unpaired) electrons. The highest BCUT2D eigenvalue weighted by Crippen LogP contribution is 2.21. The molecular formula is C13H23N3O. The van der Waals surface area contributed by atoms with Crippen LogP contribution in [0.1, 0.15) is 32.0 Å². The molecule has 96 valence electrons. The first-order valence-corrected chi connectivity index (χ1v) is 6.55. The van der Waals surface area contributed by atoms with Crippen molar-refractivity contribution in [2.45, 2.75) is 44.8 Å². The van der Waals surface area contributed by atoms with Gasteiger partial charge in [-0.2, -0.15) is 0 Å². The lowest BCUT2D eigenvalue weighted by molar-refractivity contribution is 0.134. The normalized spacial score (nSPS) is 23.1. The van der Waals surface area contributed by atoms with Crippen molar-refractivity contribution in [3.8, 4) is 0 Å². The van der Waals surface area contributed by atoms with Gasteiger partial charge in [-0.3, -0.25) is 4.90 Å². The molecule has 4 heteroatoms. The summed E-state index contributed by atoms with van der Waals surface area (Å²) in [5.74, 6) is 1.15. The highest BCUT2D eigenvalue weighted by molar-refractivity contribution is 4.93. The summed E-state index contributed by atoms with van der Waals surface area (Å²) in [4.78, 5) is 6.85. The van der Waals surface area contributed by atoms with Crippen LogP contribution in [0.4, 0.5) is 0 Å². The molecular weight excluding hydrogens is 214 g/mol. The number of imidazole rings is 1. The SMILES string of the molecule is CC(O)CC1CCCN1CCc1nccn1C. The van der Waals surface area contributed by atoms with E-state index in [9.17, 15) is 5.11 Å². The van der Waals surface area contributed by atoms with Crippen LogP contribution < -0.4 is 0 Å². The first-order chi connectivity index (χ1) is 8.16. The molecule has 0 spiro atoms. The van der Waals surface area contributed by atoms with Crippen LogP contribution in [0, 0.1) is 0 Å². The van der Waals surface area contributed by atoms with E-state index in [1.165, 1.54) is 19.4 Å². The summed E-state index contributed by atoms with van der Waals surface area (Å²) in [5.41, 5.74) is 0. The molecule has 1 aromatic rings. The van der Waals surface area contributed by atoms with Gasteiger partial charge in [-0.15, -0.1) is 0 Å². The average molecular weight is 237 g/mol. The predicted octanol–water partition coefficient (Wildman–Crippen LogP) is 1.20. The van der Waals surface area contributed by atoms with Crippen molar-refractivity contribution in [1.82, 2.24) is 14.5 Å². The van der Waals surface area contributed by atoms with E-state index in [1.54, 1.807) is 0 Å². The molecule has 0 saturated carbocycles. The molecule has 4 nitrogen and oxygen atoms in total. The lowest BCUT2D eigenvalue weighted by Gasteiger charge is -2.25. The van der Waals surface area contributed by atoms with Crippen LogP contribution in [0.2, 0.25) is 0 Å². The maximum absolute atomic E-state index is 9.48. The minimum Gasteiger partial charge on any atom is -0.393 e. The number of likely N-dealkylation sites (tertiary alicyclic amines) is 1. The van der Waals surface area contributed by atoms with E-state index >= 15 is 0 Å². The van der Waals surface area contributed by atoms with Crippen LogP contribution >= 0.6 is 0 Å². The summed E-state index contributed by atoms with van der Waals surface area (Å²) < 4.78 is 2.08. The van der Waals surface area contributed by atoms with E-state index < -0.39 is 0 Å². The van der Waals surface area contributed by atoms with Crippen LogP contribution in [0.15, 0.2) is 12.4 Å². The maximum Gasteiger partial charge on any atom is 0.109 e. The van der Waals surface area contributed by atoms with E-state index in [-0.39, 0.29) is 6.10 Å². The van der Waals surface area contributed by atoms with Crippen molar-refractivity contribution in [2.24, 2.45) is 7.05 Å². The first kappa shape index (κ1) is 12.6. The number of aromatic nitrogens is 2. The van der Waals surface area contributed by atoms with Crippen LogP contribution in [-0.2, 0) is 13.5 Å². The summed E-state index contributed by atoms with van der Waals surface area (Å²) in [7, 11) is 2.04. The second kappa shape index (κ2) is 5.65. The zero-order valence-corrected chi connectivity index (χ0v) is 10.8. The zero-order valence-electron chi connectivity index (χ0n) is 10.8. The lowest BCUT2D eigenvalue weighted by atomic mass is 10.1. The molecule has 2 heterocycles. The molecule has 1 fully saturated rings. The largest absolute Gasteiger partial charge is 0.393 e. The van der Waals surface area contributed by atoms with Gasteiger partial charge in [0.05, 0.1) is 6.10 Å². The van der Waals surface area contributed by atoms with Crippen molar-refractivity contribution in [1.29, 1.82) is 0 Å². The maximum atomic E-state index is 9.48. The fraction of sp³-hybridized carbons (Fsp3) is 0.769. The van der Waals surface area contributed by atoms with Crippen molar-refractivity contribution in [2.75, 3.05) is 13.1 Å². The summed E-state index contributed by atoms with van der Waals surface area (Å²) in [6.45, 7) is 4.11. The Morgan fingerprint density at radius 2 is 2.41 bits per heavy atom. The molecule has 0 amide bonds. The van der Waals surface area contributed by atoms with Crippen LogP contribution in [0.3, 0.4) is 0 Å². The van der Waals surface area contributed by atoms with Gasteiger partial charge < -0.3 is 9.67 Å². The minimum atomic E-state index is -0.186. The second-order valence-corrected chi connectivity index (χ2v) is 5.12. The van der Waals surface area contributed by atoms with E-state index in [4.69, 9.17) is 0 Å². The fourth-order valence-corrected chi connectivity index (χ4v) is 2.73.